The Labute approximate surface area is 101 Å². The Morgan fingerprint density at radius 2 is 1.80 bits per heavy atom. The molecule has 0 atom stereocenters. The minimum absolute atomic E-state index is 0.0154. The number of pyridine rings is 1. The van der Waals surface area contributed by atoms with Crippen molar-refractivity contribution < 1.29 is 4.79 Å². The summed E-state index contributed by atoms with van der Waals surface area (Å²) in [5.74, 6) is 0.0154. The maximum absolute atomic E-state index is 12.0. The van der Waals surface area contributed by atoms with Gasteiger partial charge in [-0.1, -0.05) is 30.3 Å². The minimum Gasteiger partial charge on any atom is -0.289 e. The monoisotopic (exact) mass is 309 g/mol. The molecule has 2 nitrogen and oxygen atoms in total. The van der Waals surface area contributed by atoms with Gasteiger partial charge in [-0.25, -0.2) is 0 Å². The summed E-state index contributed by atoms with van der Waals surface area (Å²) in [5.41, 5.74) is 1.33. The van der Waals surface area contributed by atoms with Crippen molar-refractivity contribution in [1.29, 1.82) is 0 Å². The zero-order chi connectivity index (χ0) is 10.7. The van der Waals surface area contributed by atoms with Gasteiger partial charge in [0, 0.05) is 27.1 Å². The molecule has 15 heavy (non-hydrogen) atoms. The van der Waals surface area contributed by atoms with Gasteiger partial charge in [0.15, 0.2) is 5.78 Å². The van der Waals surface area contributed by atoms with Crippen LogP contribution in [0.2, 0.25) is 0 Å². The van der Waals surface area contributed by atoms with E-state index in [1.807, 2.05) is 36.4 Å². The molecule has 2 rings (SSSR count). The van der Waals surface area contributed by atoms with Crippen molar-refractivity contribution in [1.82, 2.24) is 4.98 Å². The second kappa shape index (κ2) is 4.53. The molecule has 3 heteroatoms. The molecule has 0 saturated carbocycles. The van der Waals surface area contributed by atoms with Crippen LogP contribution in [0.15, 0.2) is 48.8 Å². The summed E-state index contributed by atoms with van der Waals surface area (Å²) in [4.78, 5) is 16.0. The van der Waals surface area contributed by atoms with E-state index in [2.05, 4.69) is 27.6 Å². The number of benzene rings is 1. The second-order valence-corrected chi connectivity index (χ2v) is 4.33. The lowest BCUT2D eigenvalue weighted by molar-refractivity contribution is 0.103. The van der Waals surface area contributed by atoms with Gasteiger partial charge in [0.05, 0.1) is 0 Å². The molecule has 0 N–H and O–H groups in total. The normalized spacial score (nSPS) is 9.93. The molecule has 0 fully saturated rings. The summed E-state index contributed by atoms with van der Waals surface area (Å²) in [6, 6.07) is 11.1. The highest BCUT2D eigenvalue weighted by molar-refractivity contribution is 14.1. The van der Waals surface area contributed by atoms with Gasteiger partial charge < -0.3 is 0 Å². The largest absolute Gasteiger partial charge is 0.289 e. The van der Waals surface area contributed by atoms with Crippen LogP contribution in [0.25, 0.3) is 0 Å². The zero-order valence-electron chi connectivity index (χ0n) is 7.85. The van der Waals surface area contributed by atoms with E-state index in [1.165, 1.54) is 0 Å². The molecule has 0 aliphatic carbocycles. The predicted molar refractivity (Wildman–Crippen MR) is 66.8 cm³/mol. The molecule has 0 unspecified atom stereocenters. The molecule has 0 amide bonds. The first kappa shape index (κ1) is 10.3. The van der Waals surface area contributed by atoms with Gasteiger partial charge in [0.1, 0.15) is 0 Å². The molecular weight excluding hydrogens is 301 g/mol. The van der Waals surface area contributed by atoms with E-state index in [0.29, 0.717) is 11.1 Å². The van der Waals surface area contributed by atoms with Crippen molar-refractivity contribution in [2.75, 3.05) is 0 Å². The number of aromatic nitrogens is 1. The Hall–Kier alpha value is -1.23. The molecule has 0 aliphatic heterocycles. The molecule has 0 spiro atoms. The third-order valence-corrected chi connectivity index (χ3v) is 2.59. The van der Waals surface area contributed by atoms with Gasteiger partial charge in [0.25, 0.3) is 0 Å². The molecule has 1 aromatic heterocycles. The van der Waals surface area contributed by atoms with Crippen molar-refractivity contribution in [3.63, 3.8) is 0 Å². The highest BCUT2D eigenvalue weighted by Crippen LogP contribution is 2.11. The molecular formula is C12H8INO. The van der Waals surface area contributed by atoms with Crippen LogP contribution in [0.4, 0.5) is 0 Å². The summed E-state index contributed by atoms with van der Waals surface area (Å²) in [6.45, 7) is 0. The number of rotatable bonds is 2. The number of halogens is 1. The Balaban J connectivity index is 2.37. The first-order valence-electron chi connectivity index (χ1n) is 4.47. The van der Waals surface area contributed by atoms with Crippen LogP contribution in [0.5, 0.6) is 0 Å². The van der Waals surface area contributed by atoms with Crippen molar-refractivity contribution in [2.24, 2.45) is 0 Å². The molecule has 0 radical (unpaired) electrons. The van der Waals surface area contributed by atoms with Gasteiger partial charge >= 0.3 is 0 Å². The number of ketones is 1. The van der Waals surface area contributed by atoms with E-state index >= 15 is 0 Å². The average Bonchev–Trinajstić information content (AvgIpc) is 2.29. The SMILES string of the molecule is O=C(c1ccccc1)c1cncc(I)c1. The molecule has 1 aromatic carbocycles. The fourth-order valence-corrected chi connectivity index (χ4v) is 1.79. The van der Waals surface area contributed by atoms with Gasteiger partial charge in [-0.2, -0.15) is 0 Å². The number of carbonyl (C=O) groups is 1. The van der Waals surface area contributed by atoms with E-state index in [9.17, 15) is 4.79 Å². The van der Waals surface area contributed by atoms with Crippen molar-refractivity contribution in [3.8, 4) is 0 Å². The number of hydrogen-bond acceptors (Lipinski definition) is 2. The predicted octanol–water partition coefficient (Wildman–Crippen LogP) is 2.92. The van der Waals surface area contributed by atoms with Crippen LogP contribution in [-0.2, 0) is 0 Å². The highest BCUT2D eigenvalue weighted by atomic mass is 127. The summed E-state index contributed by atoms with van der Waals surface area (Å²) in [5, 5.41) is 0. The Morgan fingerprint density at radius 3 is 2.47 bits per heavy atom. The van der Waals surface area contributed by atoms with Crippen molar-refractivity contribution in [2.45, 2.75) is 0 Å². The lowest BCUT2D eigenvalue weighted by atomic mass is 10.1. The molecule has 2 aromatic rings. The second-order valence-electron chi connectivity index (χ2n) is 3.09. The maximum Gasteiger partial charge on any atom is 0.194 e. The van der Waals surface area contributed by atoms with Gasteiger partial charge in [-0.3, -0.25) is 9.78 Å². The molecule has 1 heterocycles. The van der Waals surface area contributed by atoms with Crippen molar-refractivity contribution in [3.05, 3.63) is 63.5 Å². The van der Waals surface area contributed by atoms with Gasteiger partial charge in [-0.05, 0) is 28.7 Å². The standard InChI is InChI=1S/C12H8INO/c13-11-6-10(7-14-8-11)12(15)9-4-2-1-3-5-9/h1-8H. The number of carbonyl (C=O) groups excluding carboxylic acids is 1. The smallest absolute Gasteiger partial charge is 0.194 e. The third kappa shape index (κ3) is 2.41. The highest BCUT2D eigenvalue weighted by Gasteiger charge is 2.08. The minimum atomic E-state index is 0.0154. The average molecular weight is 309 g/mol. The van der Waals surface area contributed by atoms with E-state index in [-0.39, 0.29) is 5.78 Å². The first-order chi connectivity index (χ1) is 7.27. The fourth-order valence-electron chi connectivity index (χ4n) is 1.29. The summed E-state index contributed by atoms with van der Waals surface area (Å²) >= 11 is 2.14. The van der Waals surface area contributed by atoms with Crippen LogP contribution >= 0.6 is 22.6 Å². The maximum atomic E-state index is 12.0. The zero-order valence-corrected chi connectivity index (χ0v) is 10.0. The molecule has 74 valence electrons. The summed E-state index contributed by atoms with van der Waals surface area (Å²) in [7, 11) is 0. The van der Waals surface area contributed by atoms with Crippen LogP contribution in [0, 0.1) is 3.57 Å². The number of nitrogens with zero attached hydrogens (tertiary/aromatic N) is 1. The first-order valence-corrected chi connectivity index (χ1v) is 5.55. The summed E-state index contributed by atoms with van der Waals surface area (Å²) in [6.07, 6.45) is 3.32. The Bertz CT molecular complexity index is 482. The van der Waals surface area contributed by atoms with E-state index < -0.39 is 0 Å². The fraction of sp³-hybridized carbons (Fsp3) is 0. The lowest BCUT2D eigenvalue weighted by Crippen LogP contribution is -2.01. The number of hydrogen-bond donors (Lipinski definition) is 0. The lowest BCUT2D eigenvalue weighted by Gasteiger charge is -2.00. The molecule has 0 aliphatic rings. The Kier molecular flexibility index (Phi) is 3.11. The Morgan fingerprint density at radius 1 is 1.07 bits per heavy atom. The van der Waals surface area contributed by atoms with Crippen LogP contribution < -0.4 is 0 Å². The quantitative estimate of drug-likeness (QED) is 0.631. The van der Waals surface area contributed by atoms with Gasteiger partial charge in [0.2, 0.25) is 0 Å². The topological polar surface area (TPSA) is 30.0 Å². The molecule has 0 bridgehead atoms. The van der Waals surface area contributed by atoms with Crippen molar-refractivity contribution >= 4 is 28.4 Å². The summed E-state index contributed by atoms with van der Waals surface area (Å²) < 4.78 is 0.967. The van der Waals surface area contributed by atoms with Gasteiger partial charge in [-0.15, -0.1) is 0 Å². The van der Waals surface area contributed by atoms with E-state index in [0.717, 1.165) is 3.57 Å². The van der Waals surface area contributed by atoms with Crippen LogP contribution in [0.1, 0.15) is 15.9 Å². The van der Waals surface area contributed by atoms with E-state index in [4.69, 9.17) is 0 Å². The van der Waals surface area contributed by atoms with E-state index in [1.54, 1.807) is 12.4 Å². The third-order valence-electron chi connectivity index (χ3n) is 2.00. The van der Waals surface area contributed by atoms with Crippen LogP contribution in [0.3, 0.4) is 0 Å². The molecule has 0 saturated heterocycles. The van der Waals surface area contributed by atoms with Crippen LogP contribution in [-0.4, -0.2) is 10.8 Å².